The second-order valence-electron chi connectivity index (χ2n) is 5.26. The Labute approximate surface area is 138 Å². The zero-order valence-corrected chi connectivity index (χ0v) is 13.9. The average molecular weight is 333 g/mol. The summed E-state index contributed by atoms with van der Waals surface area (Å²) in [5.74, 6) is -0.969. The number of carboxylic acids is 1. The van der Waals surface area contributed by atoms with E-state index in [-0.39, 0.29) is 13.0 Å². The monoisotopic (exact) mass is 333 g/mol. The Balaban J connectivity index is 2.01. The highest BCUT2D eigenvalue weighted by Gasteiger charge is 2.22. The minimum absolute atomic E-state index is 0.148. The van der Waals surface area contributed by atoms with E-state index in [0.717, 1.165) is 20.9 Å². The summed E-state index contributed by atoms with van der Waals surface area (Å²) in [6.07, 6.45) is -0.799. The van der Waals surface area contributed by atoms with Crippen LogP contribution in [-0.2, 0) is 16.1 Å². The van der Waals surface area contributed by atoms with Crippen molar-refractivity contribution in [2.24, 2.45) is 0 Å². The van der Waals surface area contributed by atoms with Crippen molar-refractivity contribution < 1.29 is 19.4 Å². The number of alkyl carbamates (subject to hydrolysis) is 1. The van der Waals surface area contributed by atoms with Crippen LogP contribution in [0, 0.1) is 13.8 Å². The van der Waals surface area contributed by atoms with Gasteiger partial charge in [-0.1, -0.05) is 30.3 Å². The van der Waals surface area contributed by atoms with E-state index in [0.29, 0.717) is 0 Å². The highest BCUT2D eigenvalue weighted by molar-refractivity contribution is 7.12. The SMILES string of the molecule is Cc1cc(C)c([C@@H](CC(=O)O)NC(=O)OCc2ccccc2)s1. The summed E-state index contributed by atoms with van der Waals surface area (Å²) in [5, 5.41) is 11.7. The first-order chi connectivity index (χ1) is 11.0. The lowest BCUT2D eigenvalue weighted by Gasteiger charge is -2.16. The number of carbonyl (C=O) groups excluding carboxylic acids is 1. The van der Waals surface area contributed by atoms with Gasteiger partial charge in [0.25, 0.3) is 0 Å². The minimum Gasteiger partial charge on any atom is -0.481 e. The van der Waals surface area contributed by atoms with Crippen LogP contribution in [-0.4, -0.2) is 17.2 Å². The molecule has 0 radical (unpaired) electrons. The molecule has 2 rings (SSSR count). The van der Waals surface area contributed by atoms with Gasteiger partial charge in [0.1, 0.15) is 6.61 Å². The molecule has 0 aliphatic rings. The van der Waals surface area contributed by atoms with Crippen LogP contribution in [0.3, 0.4) is 0 Å². The zero-order chi connectivity index (χ0) is 16.8. The molecular weight excluding hydrogens is 314 g/mol. The van der Waals surface area contributed by atoms with E-state index in [2.05, 4.69) is 5.32 Å². The van der Waals surface area contributed by atoms with Crippen molar-refractivity contribution in [3.8, 4) is 0 Å². The van der Waals surface area contributed by atoms with Gasteiger partial charge in [-0.3, -0.25) is 4.79 Å². The van der Waals surface area contributed by atoms with Crippen LogP contribution in [0.1, 0.15) is 33.3 Å². The van der Waals surface area contributed by atoms with E-state index >= 15 is 0 Å². The van der Waals surface area contributed by atoms with E-state index in [1.165, 1.54) is 11.3 Å². The molecule has 0 unspecified atom stereocenters. The molecule has 122 valence electrons. The molecule has 0 saturated heterocycles. The molecule has 0 aliphatic heterocycles. The number of rotatable bonds is 6. The molecule has 0 saturated carbocycles. The molecule has 2 N–H and O–H groups in total. The summed E-state index contributed by atoms with van der Waals surface area (Å²) in [6, 6.07) is 10.7. The van der Waals surface area contributed by atoms with Crippen LogP contribution >= 0.6 is 11.3 Å². The molecule has 1 heterocycles. The number of hydrogen-bond acceptors (Lipinski definition) is 4. The van der Waals surface area contributed by atoms with Gasteiger partial charge in [-0.15, -0.1) is 11.3 Å². The first kappa shape index (κ1) is 17.0. The molecular formula is C17H19NO4S. The van der Waals surface area contributed by atoms with Gasteiger partial charge in [0.05, 0.1) is 12.5 Å². The van der Waals surface area contributed by atoms with Crippen LogP contribution < -0.4 is 5.32 Å². The summed E-state index contributed by atoms with van der Waals surface area (Å²) in [6.45, 7) is 4.01. The highest BCUT2D eigenvalue weighted by Crippen LogP contribution is 2.29. The van der Waals surface area contributed by atoms with Gasteiger partial charge in [0.15, 0.2) is 0 Å². The number of aliphatic carboxylic acids is 1. The number of carboxylic acid groups (broad SMARTS) is 1. The molecule has 6 heteroatoms. The molecule has 0 spiro atoms. The molecule has 1 aromatic carbocycles. The van der Waals surface area contributed by atoms with Crippen molar-refractivity contribution in [3.05, 3.63) is 57.3 Å². The predicted octanol–water partition coefficient (Wildman–Crippen LogP) is 3.81. The first-order valence-electron chi connectivity index (χ1n) is 7.21. The number of nitrogens with one attached hydrogen (secondary N) is 1. The number of hydrogen-bond donors (Lipinski definition) is 2. The fraction of sp³-hybridized carbons (Fsp3) is 0.294. The van der Waals surface area contributed by atoms with Crippen LogP contribution in [0.25, 0.3) is 0 Å². The third-order valence-corrected chi connectivity index (χ3v) is 4.55. The van der Waals surface area contributed by atoms with Crippen molar-refractivity contribution in [3.63, 3.8) is 0 Å². The Morgan fingerprint density at radius 1 is 1.26 bits per heavy atom. The van der Waals surface area contributed by atoms with Crippen molar-refractivity contribution >= 4 is 23.4 Å². The molecule has 0 fully saturated rings. The van der Waals surface area contributed by atoms with Gasteiger partial charge in [0, 0.05) is 9.75 Å². The maximum Gasteiger partial charge on any atom is 0.407 e. The number of amides is 1. The van der Waals surface area contributed by atoms with E-state index < -0.39 is 18.1 Å². The average Bonchev–Trinajstić information content (AvgIpc) is 2.84. The molecule has 0 aliphatic carbocycles. The summed E-state index contributed by atoms with van der Waals surface area (Å²) in [4.78, 5) is 25.0. The fourth-order valence-electron chi connectivity index (χ4n) is 2.30. The Bertz CT molecular complexity index is 681. The number of ether oxygens (including phenoxy) is 1. The van der Waals surface area contributed by atoms with Gasteiger partial charge < -0.3 is 15.2 Å². The van der Waals surface area contributed by atoms with E-state index in [9.17, 15) is 9.59 Å². The van der Waals surface area contributed by atoms with Crippen LogP contribution in [0.4, 0.5) is 4.79 Å². The zero-order valence-electron chi connectivity index (χ0n) is 13.0. The Morgan fingerprint density at radius 2 is 1.96 bits per heavy atom. The van der Waals surface area contributed by atoms with Crippen LogP contribution in [0.2, 0.25) is 0 Å². The third kappa shape index (κ3) is 5.10. The lowest BCUT2D eigenvalue weighted by atomic mass is 10.1. The predicted molar refractivity (Wildman–Crippen MR) is 88.5 cm³/mol. The quantitative estimate of drug-likeness (QED) is 0.843. The highest BCUT2D eigenvalue weighted by atomic mass is 32.1. The normalized spacial score (nSPS) is 11.7. The van der Waals surface area contributed by atoms with Gasteiger partial charge in [-0.25, -0.2) is 4.79 Å². The molecule has 1 aromatic heterocycles. The van der Waals surface area contributed by atoms with E-state index in [4.69, 9.17) is 9.84 Å². The number of carbonyl (C=O) groups is 2. The van der Waals surface area contributed by atoms with Gasteiger partial charge in [-0.05, 0) is 31.0 Å². The maximum atomic E-state index is 12.0. The lowest BCUT2D eigenvalue weighted by Crippen LogP contribution is -2.30. The number of aryl methyl sites for hydroxylation is 2. The Hall–Kier alpha value is -2.34. The smallest absolute Gasteiger partial charge is 0.407 e. The van der Waals surface area contributed by atoms with Crippen LogP contribution in [0.15, 0.2) is 36.4 Å². The molecule has 1 amide bonds. The second-order valence-corrected chi connectivity index (χ2v) is 6.55. The summed E-state index contributed by atoms with van der Waals surface area (Å²) < 4.78 is 5.17. The van der Waals surface area contributed by atoms with E-state index in [1.54, 1.807) is 0 Å². The summed E-state index contributed by atoms with van der Waals surface area (Å²) in [5.41, 5.74) is 1.85. The second kappa shape index (κ2) is 7.78. The Morgan fingerprint density at radius 3 is 2.52 bits per heavy atom. The summed E-state index contributed by atoms with van der Waals surface area (Å²) >= 11 is 1.49. The minimum atomic E-state index is -0.969. The lowest BCUT2D eigenvalue weighted by molar-refractivity contribution is -0.137. The summed E-state index contributed by atoms with van der Waals surface area (Å²) in [7, 11) is 0. The van der Waals surface area contributed by atoms with E-state index in [1.807, 2.05) is 50.2 Å². The molecule has 5 nitrogen and oxygen atoms in total. The topological polar surface area (TPSA) is 75.6 Å². The van der Waals surface area contributed by atoms with Gasteiger partial charge >= 0.3 is 12.1 Å². The largest absolute Gasteiger partial charge is 0.481 e. The molecule has 23 heavy (non-hydrogen) atoms. The molecule has 0 bridgehead atoms. The Kier molecular flexibility index (Phi) is 5.76. The van der Waals surface area contributed by atoms with Crippen molar-refractivity contribution in [1.82, 2.24) is 5.32 Å². The van der Waals surface area contributed by atoms with Crippen LogP contribution in [0.5, 0.6) is 0 Å². The van der Waals surface area contributed by atoms with Gasteiger partial charge in [-0.2, -0.15) is 0 Å². The van der Waals surface area contributed by atoms with Gasteiger partial charge in [0.2, 0.25) is 0 Å². The number of thiophene rings is 1. The standard InChI is InChI=1S/C17H19NO4S/c1-11-8-12(2)23-16(11)14(9-15(19)20)18-17(21)22-10-13-6-4-3-5-7-13/h3-8,14H,9-10H2,1-2H3,(H,18,21)(H,19,20)/t14-/m1/s1. The molecule has 2 aromatic rings. The molecule has 1 atom stereocenters. The number of benzene rings is 1. The fourth-order valence-corrected chi connectivity index (χ4v) is 3.38. The maximum absolute atomic E-state index is 12.0. The van der Waals surface area contributed by atoms with Crippen molar-refractivity contribution in [2.75, 3.05) is 0 Å². The first-order valence-corrected chi connectivity index (χ1v) is 8.03. The van der Waals surface area contributed by atoms with Crippen molar-refractivity contribution in [2.45, 2.75) is 32.9 Å². The van der Waals surface area contributed by atoms with Crippen molar-refractivity contribution in [1.29, 1.82) is 0 Å². The third-order valence-electron chi connectivity index (χ3n) is 3.28.